The quantitative estimate of drug-likeness (QED) is 0.647. The first-order chi connectivity index (χ1) is 12.7. The fourth-order valence-corrected chi connectivity index (χ4v) is 2.42. The van der Waals surface area contributed by atoms with Gasteiger partial charge in [-0.1, -0.05) is 26.0 Å². The molecule has 29 heavy (non-hydrogen) atoms. The van der Waals surface area contributed by atoms with E-state index in [1.165, 1.54) is 0 Å². The van der Waals surface area contributed by atoms with Gasteiger partial charge in [-0.3, -0.25) is 4.79 Å². The van der Waals surface area contributed by atoms with Crippen LogP contribution in [0.5, 0.6) is 5.75 Å². The van der Waals surface area contributed by atoms with Gasteiger partial charge in [0.25, 0.3) is 0 Å². The molecule has 0 aliphatic rings. The normalized spacial score (nSPS) is 13.9. The van der Waals surface area contributed by atoms with Crippen molar-refractivity contribution in [2.45, 2.75) is 85.1 Å². The van der Waals surface area contributed by atoms with Crippen molar-refractivity contribution in [3.63, 3.8) is 0 Å². The molecule has 0 aliphatic carbocycles. The Bertz CT molecular complexity index is 661. The van der Waals surface area contributed by atoms with Crippen LogP contribution in [0.1, 0.15) is 61.0 Å². The van der Waals surface area contributed by atoms with Gasteiger partial charge in [0.2, 0.25) is 5.91 Å². The summed E-state index contributed by atoms with van der Waals surface area (Å²) < 4.78 is 11.3. The number of carbonyl (C=O) groups excluding carboxylic acids is 2. The highest BCUT2D eigenvalue weighted by Crippen LogP contribution is 2.20. The largest absolute Gasteiger partial charge is 0.488 e. The lowest BCUT2D eigenvalue weighted by atomic mass is 10.0. The topological polar surface area (TPSA) is 90.7 Å². The lowest BCUT2D eigenvalue weighted by Gasteiger charge is -2.26. The first-order valence-electron chi connectivity index (χ1n) is 9.75. The third-order valence-corrected chi connectivity index (χ3v) is 3.82. The summed E-state index contributed by atoms with van der Waals surface area (Å²) in [6, 6.07) is 5.97. The first-order valence-corrected chi connectivity index (χ1v) is 9.75. The van der Waals surface area contributed by atoms with E-state index >= 15 is 0 Å². The Kier molecular flexibility index (Phi) is 10.2. The summed E-state index contributed by atoms with van der Waals surface area (Å²) in [5, 5.41) is 2.75. The van der Waals surface area contributed by atoms with Gasteiger partial charge < -0.3 is 20.5 Å². The zero-order chi connectivity index (χ0) is 21.7. The van der Waals surface area contributed by atoms with E-state index in [2.05, 4.69) is 5.32 Å². The second kappa shape index (κ2) is 10.8. The average Bonchev–Trinajstić information content (AvgIpc) is 2.52. The molecular weight excluding hydrogens is 392 g/mol. The van der Waals surface area contributed by atoms with Crippen LogP contribution in [0.4, 0.5) is 0 Å². The zero-order valence-electron chi connectivity index (χ0n) is 18.9. The number of nitrogens with two attached hydrogens (primary N) is 1. The molecule has 0 unspecified atom stereocenters. The highest BCUT2D eigenvalue weighted by molar-refractivity contribution is 5.87. The molecule has 0 aliphatic heterocycles. The Balaban J connectivity index is 0.00000784. The number of hydrogen-bond donors (Lipinski definition) is 2. The lowest BCUT2D eigenvalue weighted by Crippen LogP contribution is -2.52. The van der Waals surface area contributed by atoms with Crippen molar-refractivity contribution in [3.8, 4) is 5.75 Å². The Labute approximate surface area is 181 Å². The van der Waals surface area contributed by atoms with Gasteiger partial charge in [0.1, 0.15) is 23.0 Å². The Hall–Kier alpha value is -1.79. The highest BCUT2D eigenvalue weighted by atomic mass is 35.5. The molecule has 1 amide bonds. The summed E-state index contributed by atoms with van der Waals surface area (Å²) in [5.41, 5.74) is 5.87. The molecule has 0 bridgehead atoms. The van der Waals surface area contributed by atoms with E-state index in [0.717, 1.165) is 11.3 Å². The Morgan fingerprint density at radius 3 is 1.93 bits per heavy atom. The fraction of sp³-hybridized carbons (Fsp3) is 0.636. The molecule has 166 valence electrons. The maximum Gasteiger partial charge on any atom is 0.329 e. The van der Waals surface area contributed by atoms with E-state index in [1.807, 2.05) is 58.9 Å². The minimum Gasteiger partial charge on any atom is -0.488 e. The van der Waals surface area contributed by atoms with Crippen molar-refractivity contribution < 1.29 is 19.1 Å². The molecular formula is C22H37ClN2O4. The van der Waals surface area contributed by atoms with Crippen LogP contribution in [0.25, 0.3) is 0 Å². The summed E-state index contributed by atoms with van der Waals surface area (Å²) in [6.07, 6.45) is 0.307. The van der Waals surface area contributed by atoms with Crippen molar-refractivity contribution in [2.75, 3.05) is 0 Å². The molecule has 0 aromatic heterocycles. The zero-order valence-corrected chi connectivity index (χ0v) is 19.7. The van der Waals surface area contributed by atoms with Crippen molar-refractivity contribution in [3.05, 3.63) is 29.8 Å². The number of amides is 1. The van der Waals surface area contributed by atoms with Gasteiger partial charge in [-0.05, 0) is 65.2 Å². The molecule has 7 heteroatoms. The van der Waals surface area contributed by atoms with Crippen molar-refractivity contribution >= 4 is 24.3 Å². The number of carbonyl (C=O) groups is 2. The molecule has 0 saturated heterocycles. The van der Waals surface area contributed by atoms with Crippen LogP contribution >= 0.6 is 12.4 Å². The number of rotatable bonds is 7. The Morgan fingerprint density at radius 1 is 1.00 bits per heavy atom. The van der Waals surface area contributed by atoms with Gasteiger partial charge in [0.15, 0.2) is 0 Å². The maximum atomic E-state index is 12.6. The molecule has 0 spiro atoms. The van der Waals surface area contributed by atoms with Gasteiger partial charge in [-0.2, -0.15) is 0 Å². The lowest BCUT2D eigenvalue weighted by molar-refractivity contribution is -0.158. The van der Waals surface area contributed by atoms with E-state index in [0.29, 0.717) is 6.42 Å². The van der Waals surface area contributed by atoms with E-state index in [9.17, 15) is 9.59 Å². The van der Waals surface area contributed by atoms with E-state index in [-0.39, 0.29) is 29.8 Å². The van der Waals surface area contributed by atoms with Crippen LogP contribution in [0.2, 0.25) is 0 Å². The van der Waals surface area contributed by atoms with Gasteiger partial charge in [0.05, 0.1) is 6.04 Å². The summed E-state index contributed by atoms with van der Waals surface area (Å²) in [5.74, 6) is -0.130. The van der Waals surface area contributed by atoms with Gasteiger partial charge in [0, 0.05) is 6.42 Å². The number of nitrogens with one attached hydrogen (secondary N) is 1. The summed E-state index contributed by atoms with van der Waals surface area (Å²) in [7, 11) is 0. The number of halogens is 1. The minimum atomic E-state index is -0.814. The predicted octanol–water partition coefficient (Wildman–Crippen LogP) is 3.64. The van der Waals surface area contributed by atoms with Gasteiger partial charge >= 0.3 is 5.97 Å². The molecule has 1 rings (SSSR count). The third kappa shape index (κ3) is 10.5. The van der Waals surface area contributed by atoms with E-state index in [4.69, 9.17) is 15.2 Å². The van der Waals surface area contributed by atoms with Crippen LogP contribution in [0.15, 0.2) is 24.3 Å². The monoisotopic (exact) mass is 428 g/mol. The molecule has 3 N–H and O–H groups in total. The molecule has 2 atom stereocenters. The number of esters is 1. The van der Waals surface area contributed by atoms with Crippen LogP contribution in [-0.4, -0.2) is 35.2 Å². The predicted molar refractivity (Wildman–Crippen MR) is 118 cm³/mol. The van der Waals surface area contributed by atoms with Crippen LogP contribution in [0, 0.1) is 5.92 Å². The first kappa shape index (κ1) is 27.2. The van der Waals surface area contributed by atoms with E-state index < -0.39 is 23.7 Å². The van der Waals surface area contributed by atoms with E-state index in [1.54, 1.807) is 20.8 Å². The highest BCUT2D eigenvalue weighted by Gasteiger charge is 2.29. The van der Waals surface area contributed by atoms with Gasteiger partial charge in [-0.25, -0.2) is 4.79 Å². The number of ether oxygens (including phenoxy) is 2. The molecule has 1 aromatic rings. The number of hydrogen-bond acceptors (Lipinski definition) is 5. The fourth-order valence-electron chi connectivity index (χ4n) is 2.42. The summed E-state index contributed by atoms with van der Waals surface area (Å²) in [6.45, 7) is 15.0. The standard InChI is InChI=1S/C22H36N2O4.ClH/c1-14(2)18(23)19(25)24-17(20(26)28-22(6,7)8)13-15-9-11-16(12-10-15)27-21(3,4)5;/h9-12,14,17-18H,13,23H2,1-8H3,(H,24,25);1H/t17-,18-;/m0./s1. The third-order valence-electron chi connectivity index (χ3n) is 3.82. The molecule has 0 fully saturated rings. The number of benzene rings is 1. The Morgan fingerprint density at radius 2 is 1.52 bits per heavy atom. The minimum absolute atomic E-state index is 0. The molecule has 6 nitrogen and oxygen atoms in total. The second-order valence-corrected chi connectivity index (χ2v) is 9.43. The summed E-state index contributed by atoms with van der Waals surface area (Å²) in [4.78, 5) is 25.0. The molecule has 0 saturated carbocycles. The molecule has 0 heterocycles. The second-order valence-electron chi connectivity index (χ2n) is 9.43. The smallest absolute Gasteiger partial charge is 0.329 e. The molecule has 0 radical (unpaired) electrons. The van der Waals surface area contributed by atoms with Crippen LogP contribution in [-0.2, 0) is 20.7 Å². The van der Waals surface area contributed by atoms with Crippen molar-refractivity contribution in [2.24, 2.45) is 11.7 Å². The van der Waals surface area contributed by atoms with Crippen LogP contribution in [0.3, 0.4) is 0 Å². The SMILES string of the molecule is CC(C)[C@H](N)C(=O)N[C@@H](Cc1ccc(OC(C)(C)C)cc1)C(=O)OC(C)(C)C.Cl. The van der Waals surface area contributed by atoms with Crippen LogP contribution < -0.4 is 15.8 Å². The average molecular weight is 429 g/mol. The van der Waals surface area contributed by atoms with Gasteiger partial charge in [-0.15, -0.1) is 12.4 Å². The van der Waals surface area contributed by atoms with Crippen molar-refractivity contribution in [1.29, 1.82) is 0 Å². The van der Waals surface area contributed by atoms with Crippen molar-refractivity contribution in [1.82, 2.24) is 5.32 Å². The maximum absolute atomic E-state index is 12.6. The molecule has 1 aromatic carbocycles. The summed E-state index contributed by atoms with van der Waals surface area (Å²) >= 11 is 0.